The van der Waals surface area contributed by atoms with Crippen LogP contribution in [-0.2, 0) is 4.79 Å². The summed E-state index contributed by atoms with van der Waals surface area (Å²) in [4.78, 5) is 36.2. The van der Waals surface area contributed by atoms with Crippen LogP contribution in [0, 0.1) is 26.7 Å². The quantitative estimate of drug-likeness (QED) is 0.764. The van der Waals surface area contributed by atoms with Crippen molar-refractivity contribution < 1.29 is 9.59 Å². The van der Waals surface area contributed by atoms with Crippen LogP contribution in [0.4, 0.5) is 0 Å². The number of fused-ring (bicyclic) bond motifs is 1. The average Bonchev–Trinajstić information content (AvgIpc) is 3.04. The number of rotatable bonds is 2. The molecule has 5 nitrogen and oxygen atoms in total. The molecule has 0 bridgehead atoms. The van der Waals surface area contributed by atoms with Crippen LogP contribution < -0.4 is 0 Å². The smallest absolute Gasteiger partial charge is 0.264 e. The van der Waals surface area contributed by atoms with Gasteiger partial charge in [-0.25, -0.2) is 4.98 Å². The molecule has 1 saturated heterocycles. The molecule has 2 fully saturated rings. The number of thiophene rings is 1. The van der Waals surface area contributed by atoms with Gasteiger partial charge in [0, 0.05) is 43.2 Å². The summed E-state index contributed by atoms with van der Waals surface area (Å²) in [6, 6.07) is 2.08. The van der Waals surface area contributed by atoms with E-state index in [2.05, 4.69) is 18.0 Å². The fraction of sp³-hybridized carbons (Fsp3) is 0.591. The SMILES string of the molecule is Cc1cc(C)c2c(C)c(C(=O)N3CCN(C(=O)C4CCCCC4)CC3)sc2n1. The molecule has 2 amide bonds. The highest BCUT2D eigenvalue weighted by Crippen LogP contribution is 2.33. The molecule has 2 aromatic heterocycles. The molecule has 150 valence electrons. The zero-order valence-electron chi connectivity index (χ0n) is 17.1. The Morgan fingerprint density at radius 2 is 1.64 bits per heavy atom. The highest BCUT2D eigenvalue weighted by molar-refractivity contribution is 7.20. The Morgan fingerprint density at radius 3 is 2.32 bits per heavy atom. The first-order valence-corrected chi connectivity index (χ1v) is 11.2. The number of aryl methyl sites for hydroxylation is 3. The summed E-state index contributed by atoms with van der Waals surface area (Å²) >= 11 is 1.50. The molecule has 0 radical (unpaired) electrons. The van der Waals surface area contributed by atoms with Crippen molar-refractivity contribution in [3.63, 3.8) is 0 Å². The molecule has 6 heteroatoms. The maximum atomic E-state index is 13.2. The van der Waals surface area contributed by atoms with E-state index in [1.807, 2.05) is 23.6 Å². The van der Waals surface area contributed by atoms with Gasteiger partial charge in [0.2, 0.25) is 5.91 Å². The number of pyridine rings is 1. The summed E-state index contributed by atoms with van der Waals surface area (Å²) in [5.41, 5.74) is 3.20. The summed E-state index contributed by atoms with van der Waals surface area (Å²) in [5, 5.41) is 1.12. The molecule has 2 aliphatic rings. The van der Waals surface area contributed by atoms with Crippen molar-refractivity contribution in [1.82, 2.24) is 14.8 Å². The molecule has 0 atom stereocenters. The lowest BCUT2D eigenvalue weighted by Crippen LogP contribution is -2.52. The van der Waals surface area contributed by atoms with Crippen LogP contribution in [0.25, 0.3) is 10.2 Å². The van der Waals surface area contributed by atoms with E-state index < -0.39 is 0 Å². The van der Waals surface area contributed by atoms with Crippen molar-refractivity contribution in [2.75, 3.05) is 26.2 Å². The van der Waals surface area contributed by atoms with Crippen molar-refractivity contribution in [2.45, 2.75) is 52.9 Å². The van der Waals surface area contributed by atoms with E-state index >= 15 is 0 Å². The summed E-state index contributed by atoms with van der Waals surface area (Å²) in [5.74, 6) is 0.598. The van der Waals surface area contributed by atoms with Crippen LogP contribution in [0.2, 0.25) is 0 Å². The minimum absolute atomic E-state index is 0.0855. The number of aromatic nitrogens is 1. The molecule has 0 aromatic carbocycles. The van der Waals surface area contributed by atoms with Crippen LogP contribution in [0.5, 0.6) is 0 Å². The maximum Gasteiger partial charge on any atom is 0.264 e. The highest BCUT2D eigenvalue weighted by Gasteiger charge is 2.31. The number of piperazine rings is 1. The summed E-state index contributed by atoms with van der Waals surface area (Å²) in [7, 11) is 0. The van der Waals surface area contributed by atoms with Crippen LogP contribution in [-0.4, -0.2) is 52.8 Å². The van der Waals surface area contributed by atoms with Gasteiger partial charge in [-0.15, -0.1) is 11.3 Å². The third kappa shape index (κ3) is 3.54. The van der Waals surface area contributed by atoms with Crippen LogP contribution in [0.3, 0.4) is 0 Å². The van der Waals surface area contributed by atoms with Crippen molar-refractivity contribution in [3.8, 4) is 0 Å². The number of carbonyl (C=O) groups excluding carboxylic acids is 2. The van der Waals surface area contributed by atoms with Gasteiger partial charge in [-0.3, -0.25) is 9.59 Å². The van der Waals surface area contributed by atoms with Gasteiger partial charge >= 0.3 is 0 Å². The van der Waals surface area contributed by atoms with E-state index in [9.17, 15) is 9.59 Å². The molecule has 1 aliphatic heterocycles. The molecule has 0 unspecified atom stereocenters. The molecule has 0 N–H and O–H groups in total. The second-order valence-electron chi connectivity index (χ2n) is 8.27. The molecule has 3 heterocycles. The zero-order chi connectivity index (χ0) is 19.8. The fourth-order valence-corrected chi connectivity index (χ4v) is 5.98. The Balaban J connectivity index is 1.46. The molecule has 1 aliphatic carbocycles. The summed E-state index contributed by atoms with van der Waals surface area (Å²) < 4.78 is 0. The maximum absolute atomic E-state index is 13.2. The van der Waals surface area contributed by atoms with E-state index in [-0.39, 0.29) is 11.8 Å². The largest absolute Gasteiger partial charge is 0.339 e. The number of amides is 2. The molecule has 1 saturated carbocycles. The number of nitrogens with zero attached hydrogens (tertiary/aromatic N) is 3. The van der Waals surface area contributed by atoms with Gasteiger partial charge < -0.3 is 9.80 Å². The van der Waals surface area contributed by atoms with Crippen molar-refractivity contribution >= 4 is 33.4 Å². The van der Waals surface area contributed by atoms with Gasteiger partial charge in [-0.1, -0.05) is 19.3 Å². The van der Waals surface area contributed by atoms with E-state index in [4.69, 9.17) is 0 Å². The normalized spacial score (nSPS) is 18.7. The standard InChI is InChI=1S/C22H29N3O2S/c1-14-13-15(2)23-20-18(14)16(3)19(28-20)22(27)25-11-9-24(10-12-25)21(26)17-7-5-4-6-8-17/h13,17H,4-12H2,1-3H3. The van der Waals surface area contributed by atoms with E-state index in [0.717, 1.165) is 39.2 Å². The van der Waals surface area contributed by atoms with Gasteiger partial charge in [0.15, 0.2) is 0 Å². The Bertz CT molecular complexity index is 906. The van der Waals surface area contributed by atoms with Gasteiger partial charge in [-0.2, -0.15) is 0 Å². The minimum atomic E-state index is 0.0855. The lowest BCUT2D eigenvalue weighted by atomic mass is 9.88. The monoisotopic (exact) mass is 399 g/mol. The van der Waals surface area contributed by atoms with E-state index in [0.29, 0.717) is 32.1 Å². The lowest BCUT2D eigenvalue weighted by Gasteiger charge is -2.37. The van der Waals surface area contributed by atoms with Crippen molar-refractivity contribution in [1.29, 1.82) is 0 Å². The minimum Gasteiger partial charge on any atom is -0.339 e. The van der Waals surface area contributed by atoms with Crippen LogP contribution in [0.1, 0.15) is 58.6 Å². The zero-order valence-corrected chi connectivity index (χ0v) is 17.9. The Hall–Kier alpha value is -1.95. The topological polar surface area (TPSA) is 53.5 Å². The highest BCUT2D eigenvalue weighted by atomic mass is 32.1. The summed E-state index contributed by atoms with van der Waals surface area (Å²) in [6.45, 7) is 8.65. The number of carbonyl (C=O) groups is 2. The second kappa shape index (κ2) is 7.82. The van der Waals surface area contributed by atoms with Gasteiger partial charge in [0.25, 0.3) is 5.91 Å². The fourth-order valence-electron chi connectivity index (χ4n) is 4.70. The first-order valence-electron chi connectivity index (χ1n) is 10.4. The van der Waals surface area contributed by atoms with Gasteiger partial charge in [0.1, 0.15) is 4.83 Å². The molecular weight excluding hydrogens is 370 g/mol. The average molecular weight is 400 g/mol. The van der Waals surface area contributed by atoms with Crippen molar-refractivity contribution in [2.24, 2.45) is 5.92 Å². The van der Waals surface area contributed by atoms with E-state index in [1.54, 1.807) is 0 Å². The first kappa shape index (κ1) is 19.4. The van der Waals surface area contributed by atoms with Gasteiger partial charge in [-0.05, 0) is 50.8 Å². The Labute approximate surface area is 170 Å². The number of hydrogen-bond donors (Lipinski definition) is 0. The predicted molar refractivity (Wildman–Crippen MR) is 113 cm³/mol. The van der Waals surface area contributed by atoms with Crippen molar-refractivity contribution in [3.05, 3.63) is 27.8 Å². The second-order valence-corrected chi connectivity index (χ2v) is 9.27. The summed E-state index contributed by atoms with van der Waals surface area (Å²) in [6.07, 6.45) is 5.67. The first-order chi connectivity index (χ1) is 13.5. The predicted octanol–water partition coefficient (Wildman–Crippen LogP) is 4.09. The van der Waals surface area contributed by atoms with Gasteiger partial charge in [0.05, 0.1) is 4.88 Å². The number of hydrogen-bond acceptors (Lipinski definition) is 4. The van der Waals surface area contributed by atoms with Crippen LogP contribution in [0.15, 0.2) is 6.07 Å². The molecule has 28 heavy (non-hydrogen) atoms. The lowest BCUT2D eigenvalue weighted by molar-refractivity contribution is -0.138. The third-order valence-corrected chi connectivity index (χ3v) is 7.43. The third-order valence-electron chi connectivity index (χ3n) is 6.25. The Morgan fingerprint density at radius 1 is 1.00 bits per heavy atom. The van der Waals surface area contributed by atoms with Crippen LogP contribution >= 0.6 is 11.3 Å². The van der Waals surface area contributed by atoms with E-state index in [1.165, 1.54) is 36.2 Å². The molecule has 4 rings (SSSR count). The molecule has 0 spiro atoms. The Kier molecular flexibility index (Phi) is 5.41. The molecular formula is C22H29N3O2S. The molecule has 2 aromatic rings.